The highest BCUT2D eigenvalue weighted by atomic mass is 16.5. The van der Waals surface area contributed by atoms with E-state index in [-0.39, 0.29) is 5.60 Å². The molecule has 1 rings (SSSR count). The van der Waals surface area contributed by atoms with Gasteiger partial charge in [-0.25, -0.2) is 0 Å². The van der Waals surface area contributed by atoms with Crippen molar-refractivity contribution in [3.05, 3.63) is 0 Å². The van der Waals surface area contributed by atoms with E-state index in [0.717, 1.165) is 5.92 Å². The summed E-state index contributed by atoms with van der Waals surface area (Å²) in [6, 6.07) is 0.616. The van der Waals surface area contributed by atoms with E-state index in [4.69, 9.17) is 4.74 Å². The molecule has 0 radical (unpaired) electrons. The lowest BCUT2D eigenvalue weighted by Gasteiger charge is -2.37. The molecule has 2 heteroatoms. The van der Waals surface area contributed by atoms with Gasteiger partial charge in [-0.3, -0.25) is 4.90 Å². The third-order valence-electron chi connectivity index (χ3n) is 4.96. The number of hydrogen-bond donors (Lipinski definition) is 0. The number of unbranched alkanes of at least 4 members (excludes halogenated alkanes) is 2. The average Bonchev–Trinajstić information content (AvgIpc) is 2.68. The number of ether oxygens (including phenoxy) is 1. The molecule has 0 spiro atoms. The summed E-state index contributed by atoms with van der Waals surface area (Å²) in [7, 11) is 0. The highest BCUT2D eigenvalue weighted by Gasteiger charge is 2.50. The smallest absolute Gasteiger partial charge is 0.108 e. The lowest BCUT2D eigenvalue weighted by atomic mass is 9.80. The Kier molecular flexibility index (Phi) is 8.26. The van der Waals surface area contributed by atoms with Gasteiger partial charge < -0.3 is 4.74 Å². The van der Waals surface area contributed by atoms with Gasteiger partial charge in [0.05, 0.1) is 5.60 Å². The maximum absolute atomic E-state index is 6.66. The summed E-state index contributed by atoms with van der Waals surface area (Å²) < 4.78 is 6.66. The van der Waals surface area contributed by atoms with E-state index in [2.05, 4.69) is 46.4 Å². The Bertz CT molecular complexity index is 269. The Balaban J connectivity index is 2.97. The molecule has 0 aromatic heterocycles. The molecule has 0 bridgehead atoms. The van der Waals surface area contributed by atoms with Crippen LogP contribution in [-0.4, -0.2) is 29.3 Å². The lowest BCUT2D eigenvalue weighted by Crippen LogP contribution is -2.46. The summed E-state index contributed by atoms with van der Waals surface area (Å²) in [6.07, 6.45) is 10.4. The minimum atomic E-state index is 0.116. The molecule has 2 nitrogen and oxygen atoms in total. The van der Waals surface area contributed by atoms with Crippen LogP contribution in [0.3, 0.4) is 0 Å². The van der Waals surface area contributed by atoms with Gasteiger partial charge in [-0.2, -0.15) is 0 Å². The third-order valence-corrected chi connectivity index (χ3v) is 4.96. The Morgan fingerprint density at radius 1 is 1.00 bits per heavy atom. The normalized spacial score (nSPS) is 25.9. The van der Waals surface area contributed by atoms with Crippen LogP contribution in [0.4, 0.5) is 0 Å². The fourth-order valence-electron chi connectivity index (χ4n) is 3.96. The van der Waals surface area contributed by atoms with Crippen LogP contribution in [0.1, 0.15) is 92.9 Å². The minimum absolute atomic E-state index is 0.116. The molecule has 1 aliphatic heterocycles. The fraction of sp³-hybridized carbons (Fsp3) is 1.00. The number of nitrogens with zero attached hydrogens (tertiary/aromatic N) is 1. The van der Waals surface area contributed by atoms with Crippen molar-refractivity contribution >= 4 is 0 Å². The maximum atomic E-state index is 6.66. The summed E-state index contributed by atoms with van der Waals surface area (Å²) >= 11 is 0. The summed E-state index contributed by atoms with van der Waals surface area (Å²) in [5.74, 6) is 0.742. The molecular formula is C19H39NO. The van der Waals surface area contributed by atoms with Gasteiger partial charge in [0, 0.05) is 12.6 Å². The molecule has 0 aromatic carbocycles. The van der Waals surface area contributed by atoms with Crippen molar-refractivity contribution in [3.63, 3.8) is 0 Å². The standard InChI is InChI=1S/C19H39NO/c1-7-10-12-19(13-11-8-2)18(15-16(4)5)20(14-9-3)17(6)21-19/h16-18H,7-15H2,1-6H3/t17-,18-/m0/s1. The SMILES string of the molecule is CCCCC1(CCCC)O[C@@H](C)N(CCC)[C@H]1CC(C)C. The van der Waals surface area contributed by atoms with E-state index in [1.165, 1.54) is 57.9 Å². The molecule has 21 heavy (non-hydrogen) atoms. The van der Waals surface area contributed by atoms with Gasteiger partial charge in [0.25, 0.3) is 0 Å². The molecule has 0 saturated carbocycles. The van der Waals surface area contributed by atoms with E-state index in [1.807, 2.05) is 0 Å². The molecule has 126 valence electrons. The van der Waals surface area contributed by atoms with Crippen LogP contribution in [0.2, 0.25) is 0 Å². The van der Waals surface area contributed by atoms with Gasteiger partial charge in [-0.05, 0) is 38.5 Å². The van der Waals surface area contributed by atoms with Crippen molar-refractivity contribution in [3.8, 4) is 0 Å². The molecule has 0 aliphatic carbocycles. The van der Waals surface area contributed by atoms with E-state index in [0.29, 0.717) is 12.3 Å². The average molecular weight is 298 g/mol. The van der Waals surface area contributed by atoms with Gasteiger partial charge in [0.2, 0.25) is 0 Å². The zero-order valence-electron chi connectivity index (χ0n) is 15.5. The van der Waals surface area contributed by atoms with Crippen molar-refractivity contribution in [2.24, 2.45) is 5.92 Å². The molecule has 2 atom stereocenters. The van der Waals surface area contributed by atoms with Gasteiger partial charge in [0.1, 0.15) is 6.23 Å². The second-order valence-corrected chi connectivity index (χ2v) is 7.37. The van der Waals surface area contributed by atoms with Gasteiger partial charge in [-0.1, -0.05) is 60.3 Å². The third kappa shape index (κ3) is 4.96. The van der Waals surface area contributed by atoms with Crippen LogP contribution in [-0.2, 0) is 4.74 Å². The second kappa shape index (κ2) is 9.15. The Morgan fingerprint density at radius 3 is 2.00 bits per heavy atom. The van der Waals surface area contributed by atoms with Crippen molar-refractivity contribution < 1.29 is 4.74 Å². The summed E-state index contributed by atoms with van der Waals surface area (Å²) in [5.41, 5.74) is 0.116. The quantitative estimate of drug-likeness (QED) is 0.520. The van der Waals surface area contributed by atoms with Crippen molar-refractivity contribution in [1.82, 2.24) is 4.90 Å². The van der Waals surface area contributed by atoms with Crippen molar-refractivity contribution in [1.29, 1.82) is 0 Å². The monoisotopic (exact) mass is 297 g/mol. The molecular weight excluding hydrogens is 258 g/mol. The molecule has 1 fully saturated rings. The predicted octanol–water partition coefficient (Wildman–Crippen LogP) is 5.61. The van der Waals surface area contributed by atoms with Crippen molar-refractivity contribution in [2.45, 2.75) is 111 Å². The first-order valence-electron chi connectivity index (χ1n) is 9.44. The highest BCUT2D eigenvalue weighted by molar-refractivity contribution is 5.00. The van der Waals surface area contributed by atoms with Crippen LogP contribution >= 0.6 is 0 Å². The Morgan fingerprint density at radius 2 is 1.57 bits per heavy atom. The lowest BCUT2D eigenvalue weighted by molar-refractivity contribution is -0.0637. The van der Waals surface area contributed by atoms with E-state index >= 15 is 0 Å². The van der Waals surface area contributed by atoms with Gasteiger partial charge in [-0.15, -0.1) is 0 Å². The molecule has 0 amide bonds. The van der Waals surface area contributed by atoms with Crippen LogP contribution in [0.15, 0.2) is 0 Å². The number of hydrogen-bond acceptors (Lipinski definition) is 2. The predicted molar refractivity (Wildman–Crippen MR) is 92.6 cm³/mol. The van der Waals surface area contributed by atoms with E-state index in [1.54, 1.807) is 0 Å². The van der Waals surface area contributed by atoms with Crippen LogP contribution < -0.4 is 0 Å². The second-order valence-electron chi connectivity index (χ2n) is 7.37. The first-order chi connectivity index (χ1) is 10.0. The largest absolute Gasteiger partial charge is 0.355 e. The first kappa shape index (κ1) is 19.0. The number of rotatable bonds is 10. The zero-order chi connectivity index (χ0) is 15.9. The molecule has 0 unspecified atom stereocenters. The Hall–Kier alpha value is -0.0800. The highest BCUT2D eigenvalue weighted by Crippen LogP contribution is 2.43. The van der Waals surface area contributed by atoms with Crippen LogP contribution in [0, 0.1) is 5.92 Å². The summed E-state index contributed by atoms with van der Waals surface area (Å²) in [4.78, 5) is 2.66. The zero-order valence-corrected chi connectivity index (χ0v) is 15.5. The topological polar surface area (TPSA) is 12.5 Å². The Labute approximate surface area is 133 Å². The molecule has 1 heterocycles. The fourth-order valence-corrected chi connectivity index (χ4v) is 3.96. The van der Waals surface area contributed by atoms with Gasteiger partial charge >= 0.3 is 0 Å². The molecule has 1 aliphatic rings. The summed E-state index contributed by atoms with van der Waals surface area (Å²) in [6.45, 7) is 15.0. The van der Waals surface area contributed by atoms with Gasteiger partial charge in [0.15, 0.2) is 0 Å². The molecule has 0 N–H and O–H groups in total. The van der Waals surface area contributed by atoms with Crippen molar-refractivity contribution in [2.75, 3.05) is 6.54 Å². The van der Waals surface area contributed by atoms with E-state index in [9.17, 15) is 0 Å². The maximum Gasteiger partial charge on any atom is 0.108 e. The summed E-state index contributed by atoms with van der Waals surface area (Å²) in [5, 5.41) is 0. The van der Waals surface area contributed by atoms with E-state index < -0.39 is 0 Å². The van der Waals surface area contributed by atoms with Crippen LogP contribution in [0.25, 0.3) is 0 Å². The first-order valence-corrected chi connectivity index (χ1v) is 9.44. The molecule has 1 saturated heterocycles. The van der Waals surface area contributed by atoms with Crippen LogP contribution in [0.5, 0.6) is 0 Å². The molecule has 0 aromatic rings. The minimum Gasteiger partial charge on any atom is -0.355 e.